The lowest BCUT2D eigenvalue weighted by Gasteiger charge is -2.22. The van der Waals surface area contributed by atoms with Gasteiger partial charge in [0.2, 0.25) is 0 Å². The molecule has 0 spiro atoms. The third-order valence-corrected chi connectivity index (χ3v) is 2.40. The van der Waals surface area contributed by atoms with Gasteiger partial charge in [-0.2, -0.15) is 0 Å². The van der Waals surface area contributed by atoms with Crippen LogP contribution in [0.1, 0.15) is 27.7 Å². The average molecular weight is 130 g/mol. The number of hydrogen-bond acceptors (Lipinski definition) is 1. The summed E-state index contributed by atoms with van der Waals surface area (Å²) < 4.78 is 0. The van der Waals surface area contributed by atoms with Crippen molar-refractivity contribution >= 4 is 17.6 Å². The summed E-state index contributed by atoms with van der Waals surface area (Å²) in [4.78, 5) is 0. The summed E-state index contributed by atoms with van der Waals surface area (Å²) in [6.45, 7) is 8.68. The van der Waals surface area contributed by atoms with E-state index in [1.165, 1.54) is 0 Å². The van der Waals surface area contributed by atoms with E-state index in [1.807, 2.05) is 5.37 Å². The van der Waals surface area contributed by atoms with E-state index < -0.39 is 0 Å². The first kappa shape index (κ1) is 8.09. The minimum absolute atomic E-state index is 0.231. The van der Waals surface area contributed by atoms with Gasteiger partial charge in [0.05, 0.1) is 0 Å². The lowest BCUT2D eigenvalue weighted by molar-refractivity contribution is 0.378. The molecule has 0 saturated carbocycles. The molecule has 0 N–H and O–H groups in total. The van der Waals surface area contributed by atoms with E-state index >= 15 is 0 Å². The van der Waals surface area contributed by atoms with E-state index in [1.54, 1.807) is 0 Å². The SMILES string of the molecule is CC(C)C(C)(C)C=S. The fourth-order valence-corrected chi connectivity index (χ4v) is 0.408. The maximum atomic E-state index is 4.84. The Morgan fingerprint density at radius 3 is 1.75 bits per heavy atom. The van der Waals surface area contributed by atoms with Gasteiger partial charge in [0, 0.05) is 0 Å². The van der Waals surface area contributed by atoms with Gasteiger partial charge in [0.15, 0.2) is 0 Å². The molecule has 0 saturated heterocycles. The maximum Gasteiger partial charge on any atom is -0.00472 e. The predicted molar refractivity (Wildman–Crippen MR) is 42.3 cm³/mol. The Morgan fingerprint density at radius 1 is 1.38 bits per heavy atom. The molecule has 0 aliphatic heterocycles. The van der Waals surface area contributed by atoms with Gasteiger partial charge in [0.25, 0.3) is 0 Å². The molecule has 0 nitrogen and oxygen atoms in total. The number of hydrogen-bond donors (Lipinski definition) is 0. The van der Waals surface area contributed by atoms with Crippen LogP contribution in [0.25, 0.3) is 0 Å². The first-order chi connectivity index (χ1) is 3.50. The van der Waals surface area contributed by atoms with Crippen molar-refractivity contribution in [3.05, 3.63) is 0 Å². The molecule has 0 aromatic carbocycles. The molecule has 1 heteroatoms. The lowest BCUT2D eigenvalue weighted by atomic mass is 9.84. The van der Waals surface area contributed by atoms with E-state index in [9.17, 15) is 0 Å². The Morgan fingerprint density at radius 2 is 1.75 bits per heavy atom. The second kappa shape index (κ2) is 2.58. The molecule has 0 aromatic heterocycles. The minimum atomic E-state index is 0.231. The summed E-state index contributed by atoms with van der Waals surface area (Å²) in [5.74, 6) is 0.653. The van der Waals surface area contributed by atoms with Crippen LogP contribution < -0.4 is 0 Å². The Balaban J connectivity index is 3.90. The molecule has 0 bridgehead atoms. The van der Waals surface area contributed by atoms with Crippen molar-refractivity contribution in [2.75, 3.05) is 0 Å². The van der Waals surface area contributed by atoms with Crippen LogP contribution in [-0.4, -0.2) is 5.37 Å². The smallest absolute Gasteiger partial charge is 0.00472 e. The van der Waals surface area contributed by atoms with Crippen LogP contribution in [0.4, 0.5) is 0 Å². The van der Waals surface area contributed by atoms with Crippen molar-refractivity contribution in [1.82, 2.24) is 0 Å². The molecule has 0 fully saturated rings. The summed E-state index contributed by atoms with van der Waals surface area (Å²) in [6, 6.07) is 0. The maximum absolute atomic E-state index is 4.84. The molecule has 48 valence electrons. The van der Waals surface area contributed by atoms with Gasteiger partial charge in [-0.15, -0.1) is 0 Å². The second-order valence-electron chi connectivity index (χ2n) is 3.09. The fourth-order valence-electron chi connectivity index (χ4n) is 0.136. The minimum Gasteiger partial charge on any atom is -0.0929 e. The van der Waals surface area contributed by atoms with E-state index in [0.717, 1.165) is 0 Å². The van der Waals surface area contributed by atoms with Gasteiger partial charge in [-0.05, 0) is 16.7 Å². The van der Waals surface area contributed by atoms with Gasteiger partial charge >= 0.3 is 0 Å². The number of thiocarbonyl (C=S) groups is 1. The van der Waals surface area contributed by atoms with Gasteiger partial charge in [-0.3, -0.25) is 0 Å². The predicted octanol–water partition coefficient (Wildman–Crippen LogP) is 2.67. The van der Waals surface area contributed by atoms with Crippen molar-refractivity contribution < 1.29 is 0 Å². The van der Waals surface area contributed by atoms with Crippen molar-refractivity contribution in [2.45, 2.75) is 27.7 Å². The monoisotopic (exact) mass is 130 g/mol. The van der Waals surface area contributed by atoms with E-state index in [4.69, 9.17) is 12.2 Å². The van der Waals surface area contributed by atoms with Crippen LogP contribution in [0.2, 0.25) is 0 Å². The highest BCUT2D eigenvalue weighted by molar-refractivity contribution is 7.79. The van der Waals surface area contributed by atoms with E-state index in [-0.39, 0.29) is 5.41 Å². The second-order valence-corrected chi connectivity index (χ2v) is 3.33. The van der Waals surface area contributed by atoms with Crippen LogP contribution in [0.15, 0.2) is 0 Å². The topological polar surface area (TPSA) is 0 Å². The molecule has 8 heavy (non-hydrogen) atoms. The zero-order valence-corrected chi connectivity index (χ0v) is 6.88. The van der Waals surface area contributed by atoms with Crippen molar-refractivity contribution in [1.29, 1.82) is 0 Å². The molecule has 0 aliphatic rings. The zero-order chi connectivity index (χ0) is 6.78. The van der Waals surface area contributed by atoms with Crippen LogP contribution in [-0.2, 0) is 0 Å². The van der Waals surface area contributed by atoms with Gasteiger partial charge in [0.1, 0.15) is 0 Å². The fraction of sp³-hybridized carbons (Fsp3) is 0.857. The highest BCUT2D eigenvalue weighted by Gasteiger charge is 2.17. The summed E-state index contributed by atoms with van der Waals surface area (Å²) in [5.41, 5.74) is 0.231. The molecule has 0 unspecified atom stereocenters. The van der Waals surface area contributed by atoms with Crippen LogP contribution in [0, 0.1) is 11.3 Å². The number of rotatable bonds is 2. The molecular weight excluding hydrogens is 116 g/mol. The molecule has 0 heterocycles. The van der Waals surface area contributed by atoms with Crippen LogP contribution in [0.5, 0.6) is 0 Å². The zero-order valence-electron chi connectivity index (χ0n) is 6.06. The normalized spacial score (nSPS) is 12.1. The highest BCUT2D eigenvalue weighted by atomic mass is 32.1. The third kappa shape index (κ3) is 1.91. The first-order valence-corrected chi connectivity index (χ1v) is 3.44. The van der Waals surface area contributed by atoms with E-state index in [0.29, 0.717) is 5.92 Å². The van der Waals surface area contributed by atoms with Crippen molar-refractivity contribution in [3.8, 4) is 0 Å². The molecule has 0 atom stereocenters. The summed E-state index contributed by atoms with van der Waals surface area (Å²) in [6.07, 6.45) is 0. The largest absolute Gasteiger partial charge is 0.0929 e. The average Bonchev–Trinajstić information content (AvgIpc) is 1.67. The first-order valence-electron chi connectivity index (χ1n) is 2.97. The molecular formula is C7H14S. The molecule has 0 aromatic rings. The molecule has 0 rings (SSSR count). The van der Waals surface area contributed by atoms with E-state index in [2.05, 4.69) is 27.7 Å². The van der Waals surface area contributed by atoms with Crippen LogP contribution >= 0.6 is 12.2 Å². The van der Waals surface area contributed by atoms with Gasteiger partial charge < -0.3 is 0 Å². The van der Waals surface area contributed by atoms with Crippen LogP contribution in [0.3, 0.4) is 0 Å². The summed E-state index contributed by atoms with van der Waals surface area (Å²) in [7, 11) is 0. The lowest BCUT2D eigenvalue weighted by Crippen LogP contribution is -2.19. The van der Waals surface area contributed by atoms with Gasteiger partial charge in [-0.25, -0.2) is 0 Å². The molecule has 0 radical (unpaired) electrons. The third-order valence-electron chi connectivity index (χ3n) is 1.79. The van der Waals surface area contributed by atoms with Gasteiger partial charge in [-0.1, -0.05) is 39.9 Å². The summed E-state index contributed by atoms with van der Waals surface area (Å²) in [5, 5.41) is 1.84. The standard InChI is InChI=1S/C7H14S/c1-6(2)7(3,4)5-8/h5-6H,1-4H3. The van der Waals surface area contributed by atoms with Crippen molar-refractivity contribution in [3.63, 3.8) is 0 Å². The Bertz CT molecular complexity index is 82.4. The highest BCUT2D eigenvalue weighted by Crippen LogP contribution is 2.22. The Hall–Kier alpha value is 0.0900. The van der Waals surface area contributed by atoms with Crippen molar-refractivity contribution in [2.24, 2.45) is 11.3 Å². The Labute approximate surface area is 57.3 Å². The molecule has 0 amide bonds. The Kier molecular flexibility index (Phi) is 2.61. The summed E-state index contributed by atoms with van der Waals surface area (Å²) >= 11 is 4.84. The molecule has 0 aliphatic carbocycles. The quantitative estimate of drug-likeness (QED) is 0.518.